The van der Waals surface area contributed by atoms with E-state index in [0.29, 0.717) is 6.54 Å². The van der Waals surface area contributed by atoms with Gasteiger partial charge in [-0.3, -0.25) is 0 Å². The van der Waals surface area contributed by atoms with Crippen LogP contribution in [-0.4, -0.2) is 22.1 Å². The summed E-state index contributed by atoms with van der Waals surface area (Å²) in [5.74, 6) is 0.827. The first-order chi connectivity index (χ1) is 10.3. The number of nitrogens with one attached hydrogen (secondary N) is 1. The Labute approximate surface area is 123 Å². The van der Waals surface area contributed by atoms with Crippen molar-refractivity contribution in [3.63, 3.8) is 0 Å². The smallest absolute Gasteiger partial charge is 0.120 e. The van der Waals surface area contributed by atoms with Gasteiger partial charge in [0.15, 0.2) is 0 Å². The zero-order chi connectivity index (χ0) is 14.5. The highest BCUT2D eigenvalue weighted by atomic mass is 16.5. The van der Waals surface area contributed by atoms with E-state index in [2.05, 4.69) is 15.5 Å². The molecule has 0 spiro atoms. The van der Waals surface area contributed by atoms with Gasteiger partial charge in [0.2, 0.25) is 0 Å². The number of ether oxygens (including phenoxy) is 1. The van der Waals surface area contributed by atoms with E-state index in [-0.39, 0.29) is 0 Å². The molecule has 3 rings (SSSR count). The second-order valence-corrected chi connectivity index (χ2v) is 4.55. The van der Waals surface area contributed by atoms with Gasteiger partial charge in [-0.2, -0.15) is 15.0 Å². The number of nitrogens with zero attached hydrogens (tertiary/aromatic N) is 3. The van der Waals surface area contributed by atoms with Crippen molar-refractivity contribution in [1.82, 2.24) is 15.0 Å². The number of anilines is 1. The molecule has 1 aromatic heterocycles. The summed E-state index contributed by atoms with van der Waals surface area (Å²) >= 11 is 0. The molecule has 21 heavy (non-hydrogen) atoms. The van der Waals surface area contributed by atoms with E-state index >= 15 is 0 Å². The first kappa shape index (κ1) is 13.2. The zero-order valence-corrected chi connectivity index (χ0v) is 11.7. The Hall–Kier alpha value is -2.82. The molecule has 0 amide bonds. The van der Waals surface area contributed by atoms with Gasteiger partial charge in [-0.25, -0.2) is 0 Å². The molecule has 0 radical (unpaired) electrons. The average Bonchev–Trinajstić information content (AvgIpc) is 3.03. The normalized spacial score (nSPS) is 10.3. The Morgan fingerprint density at radius 3 is 2.76 bits per heavy atom. The fourth-order valence-corrected chi connectivity index (χ4v) is 1.99. The van der Waals surface area contributed by atoms with Gasteiger partial charge in [-0.1, -0.05) is 24.3 Å². The Kier molecular flexibility index (Phi) is 3.82. The topological polar surface area (TPSA) is 52.0 Å². The number of benzene rings is 2. The summed E-state index contributed by atoms with van der Waals surface area (Å²) in [6.07, 6.45) is 1.76. The number of rotatable bonds is 5. The number of para-hydroxylation sites is 1. The molecule has 0 aliphatic carbocycles. The summed E-state index contributed by atoms with van der Waals surface area (Å²) in [6.45, 7) is 0.611. The molecule has 1 heterocycles. The van der Waals surface area contributed by atoms with Crippen molar-refractivity contribution in [2.75, 3.05) is 12.4 Å². The third-order valence-electron chi connectivity index (χ3n) is 3.07. The molecule has 0 fully saturated rings. The van der Waals surface area contributed by atoms with Crippen LogP contribution < -0.4 is 10.1 Å². The van der Waals surface area contributed by atoms with Crippen LogP contribution in [0.1, 0.15) is 5.69 Å². The van der Waals surface area contributed by atoms with Crippen LogP contribution in [0.5, 0.6) is 5.75 Å². The molecule has 0 saturated heterocycles. The fourth-order valence-electron chi connectivity index (χ4n) is 1.99. The van der Waals surface area contributed by atoms with Crippen LogP contribution in [0.15, 0.2) is 60.8 Å². The van der Waals surface area contributed by atoms with Crippen molar-refractivity contribution in [1.29, 1.82) is 0 Å². The SMILES string of the molecule is COc1cccc(NCc2cnn(-c3ccccc3)n2)c1. The minimum atomic E-state index is 0.611. The molecule has 0 aliphatic heterocycles. The molecular formula is C16H16N4O. The Bertz CT molecular complexity index is 709. The predicted octanol–water partition coefficient (Wildman–Crippen LogP) is 2.89. The summed E-state index contributed by atoms with van der Waals surface area (Å²) < 4.78 is 5.20. The molecule has 5 nitrogen and oxygen atoms in total. The van der Waals surface area contributed by atoms with Gasteiger partial charge >= 0.3 is 0 Å². The van der Waals surface area contributed by atoms with Gasteiger partial charge in [-0.15, -0.1) is 0 Å². The molecule has 0 atom stereocenters. The quantitative estimate of drug-likeness (QED) is 0.780. The highest BCUT2D eigenvalue weighted by Gasteiger charge is 2.03. The minimum Gasteiger partial charge on any atom is -0.497 e. The van der Waals surface area contributed by atoms with Crippen LogP contribution in [0, 0.1) is 0 Å². The monoisotopic (exact) mass is 280 g/mol. The zero-order valence-electron chi connectivity index (χ0n) is 11.7. The Morgan fingerprint density at radius 2 is 1.95 bits per heavy atom. The van der Waals surface area contributed by atoms with Crippen molar-refractivity contribution in [2.45, 2.75) is 6.54 Å². The second kappa shape index (κ2) is 6.09. The largest absolute Gasteiger partial charge is 0.497 e. The number of hydrogen-bond acceptors (Lipinski definition) is 4. The van der Waals surface area contributed by atoms with Gasteiger partial charge in [0.05, 0.1) is 25.5 Å². The van der Waals surface area contributed by atoms with Gasteiger partial charge in [0.1, 0.15) is 11.4 Å². The molecule has 0 unspecified atom stereocenters. The van der Waals surface area contributed by atoms with Gasteiger partial charge < -0.3 is 10.1 Å². The number of methoxy groups -OCH3 is 1. The van der Waals surface area contributed by atoms with E-state index in [1.54, 1.807) is 18.1 Å². The molecule has 2 aromatic carbocycles. The third-order valence-corrected chi connectivity index (χ3v) is 3.07. The number of hydrogen-bond donors (Lipinski definition) is 1. The number of aromatic nitrogens is 3. The fraction of sp³-hybridized carbons (Fsp3) is 0.125. The molecule has 106 valence electrons. The standard InChI is InChI=1S/C16H16N4O/c1-21-16-9-5-6-13(10-16)17-11-14-12-18-20(19-14)15-7-3-2-4-8-15/h2-10,12,17H,11H2,1H3. The van der Waals surface area contributed by atoms with Crippen molar-refractivity contribution in [3.05, 3.63) is 66.5 Å². The highest BCUT2D eigenvalue weighted by Crippen LogP contribution is 2.17. The first-order valence-corrected chi connectivity index (χ1v) is 6.70. The summed E-state index contributed by atoms with van der Waals surface area (Å²) in [7, 11) is 1.66. The van der Waals surface area contributed by atoms with E-state index in [1.165, 1.54) is 0 Å². The van der Waals surface area contributed by atoms with E-state index in [1.807, 2.05) is 54.6 Å². The van der Waals surface area contributed by atoms with Crippen LogP contribution >= 0.6 is 0 Å². The van der Waals surface area contributed by atoms with Crippen molar-refractivity contribution >= 4 is 5.69 Å². The molecule has 0 aliphatic rings. The average molecular weight is 280 g/mol. The lowest BCUT2D eigenvalue weighted by Crippen LogP contribution is -2.02. The summed E-state index contributed by atoms with van der Waals surface area (Å²) in [6, 6.07) is 17.6. The van der Waals surface area contributed by atoms with Crippen molar-refractivity contribution in [3.8, 4) is 11.4 Å². The third kappa shape index (κ3) is 3.20. The Balaban J connectivity index is 1.67. The van der Waals surface area contributed by atoms with Gasteiger partial charge in [-0.05, 0) is 24.3 Å². The van der Waals surface area contributed by atoms with Gasteiger partial charge in [0.25, 0.3) is 0 Å². The molecule has 3 aromatic rings. The van der Waals surface area contributed by atoms with E-state index in [0.717, 1.165) is 22.8 Å². The molecular weight excluding hydrogens is 264 g/mol. The molecule has 5 heteroatoms. The summed E-state index contributed by atoms with van der Waals surface area (Å²) in [5, 5.41) is 12.0. The molecule has 0 bridgehead atoms. The Morgan fingerprint density at radius 1 is 1.10 bits per heavy atom. The van der Waals surface area contributed by atoms with Crippen LogP contribution in [-0.2, 0) is 6.54 Å². The maximum Gasteiger partial charge on any atom is 0.120 e. The highest BCUT2D eigenvalue weighted by molar-refractivity contribution is 5.48. The first-order valence-electron chi connectivity index (χ1n) is 6.70. The van der Waals surface area contributed by atoms with Gasteiger partial charge in [0, 0.05) is 11.8 Å². The maximum atomic E-state index is 5.20. The predicted molar refractivity (Wildman–Crippen MR) is 81.7 cm³/mol. The lowest BCUT2D eigenvalue weighted by atomic mass is 10.3. The maximum absolute atomic E-state index is 5.20. The summed E-state index contributed by atoms with van der Waals surface area (Å²) in [5.41, 5.74) is 2.82. The van der Waals surface area contributed by atoms with E-state index in [9.17, 15) is 0 Å². The van der Waals surface area contributed by atoms with E-state index < -0.39 is 0 Å². The van der Waals surface area contributed by atoms with Crippen LogP contribution in [0.25, 0.3) is 5.69 Å². The van der Waals surface area contributed by atoms with Crippen LogP contribution in [0.2, 0.25) is 0 Å². The van der Waals surface area contributed by atoms with E-state index in [4.69, 9.17) is 4.74 Å². The lowest BCUT2D eigenvalue weighted by Gasteiger charge is -2.06. The minimum absolute atomic E-state index is 0.611. The molecule has 1 N–H and O–H groups in total. The van der Waals surface area contributed by atoms with Crippen molar-refractivity contribution < 1.29 is 4.74 Å². The second-order valence-electron chi connectivity index (χ2n) is 4.55. The molecule has 0 saturated carbocycles. The van der Waals surface area contributed by atoms with Crippen molar-refractivity contribution in [2.24, 2.45) is 0 Å². The van der Waals surface area contributed by atoms with Crippen LogP contribution in [0.3, 0.4) is 0 Å². The lowest BCUT2D eigenvalue weighted by molar-refractivity contribution is 0.415. The summed E-state index contributed by atoms with van der Waals surface area (Å²) in [4.78, 5) is 1.63. The van der Waals surface area contributed by atoms with Crippen LogP contribution in [0.4, 0.5) is 5.69 Å².